The fourth-order valence-corrected chi connectivity index (χ4v) is 5.52. The second-order valence-electron chi connectivity index (χ2n) is 8.28. The fraction of sp³-hybridized carbons (Fsp3) is 0.850. The van der Waals surface area contributed by atoms with Gasteiger partial charge in [-0.25, -0.2) is 0 Å². The van der Waals surface area contributed by atoms with Crippen molar-refractivity contribution in [2.24, 2.45) is 29.1 Å². The van der Waals surface area contributed by atoms with Crippen molar-refractivity contribution in [2.45, 2.75) is 77.4 Å². The number of carbonyl (C=O) groups is 1. The fourth-order valence-electron chi connectivity index (χ4n) is 5.52. The number of aliphatic hydroxyl groups is 2. The topological polar surface area (TPSA) is 57.5 Å². The first-order chi connectivity index (χ1) is 11.0. The highest BCUT2D eigenvalue weighted by Crippen LogP contribution is 2.59. The molecule has 3 aliphatic rings. The molecule has 3 fully saturated rings. The van der Waals surface area contributed by atoms with E-state index in [0.29, 0.717) is 18.1 Å². The monoisotopic (exact) mass is 320 g/mol. The van der Waals surface area contributed by atoms with Gasteiger partial charge in [0, 0.05) is 17.3 Å². The molecule has 0 saturated heterocycles. The third-order valence-electron chi connectivity index (χ3n) is 6.99. The summed E-state index contributed by atoms with van der Waals surface area (Å²) in [7, 11) is 0. The zero-order valence-electron chi connectivity index (χ0n) is 14.6. The van der Waals surface area contributed by atoms with Crippen molar-refractivity contribution in [2.75, 3.05) is 0 Å². The Kier molecular flexibility index (Phi) is 4.98. The quantitative estimate of drug-likeness (QED) is 0.780. The van der Waals surface area contributed by atoms with E-state index in [0.717, 1.165) is 25.7 Å². The number of Topliss-reactive ketones (excluding diaryl/α,β-unsaturated/α-hetero) is 1. The van der Waals surface area contributed by atoms with E-state index in [1.54, 1.807) is 0 Å². The minimum absolute atomic E-state index is 0.0228. The zero-order valence-corrected chi connectivity index (χ0v) is 14.6. The summed E-state index contributed by atoms with van der Waals surface area (Å²) in [5.74, 6) is 1.13. The summed E-state index contributed by atoms with van der Waals surface area (Å²) < 4.78 is 0. The molecule has 3 heteroatoms. The third-order valence-corrected chi connectivity index (χ3v) is 6.99. The number of ketones is 1. The van der Waals surface area contributed by atoms with Gasteiger partial charge in [-0.1, -0.05) is 45.3 Å². The van der Waals surface area contributed by atoms with Gasteiger partial charge in [0.1, 0.15) is 5.78 Å². The number of aliphatic hydroxyl groups excluding tert-OH is 2. The van der Waals surface area contributed by atoms with E-state index in [4.69, 9.17) is 0 Å². The Morgan fingerprint density at radius 1 is 1.26 bits per heavy atom. The number of fused-ring (bicyclic) bond motifs is 1. The van der Waals surface area contributed by atoms with E-state index in [9.17, 15) is 15.0 Å². The average Bonchev–Trinajstić information content (AvgIpc) is 2.58. The van der Waals surface area contributed by atoms with Gasteiger partial charge >= 0.3 is 0 Å². The second kappa shape index (κ2) is 6.68. The van der Waals surface area contributed by atoms with Crippen LogP contribution in [0, 0.1) is 29.1 Å². The molecule has 0 aromatic carbocycles. The number of carbonyl (C=O) groups excluding carboxylic acids is 1. The Balaban J connectivity index is 1.71. The van der Waals surface area contributed by atoms with Gasteiger partial charge in [0.2, 0.25) is 0 Å². The summed E-state index contributed by atoms with van der Waals surface area (Å²) >= 11 is 0. The Labute approximate surface area is 140 Å². The molecule has 3 aliphatic carbocycles. The Morgan fingerprint density at radius 2 is 1.96 bits per heavy atom. The van der Waals surface area contributed by atoms with E-state index in [1.165, 1.54) is 19.3 Å². The predicted molar refractivity (Wildman–Crippen MR) is 90.8 cm³/mol. The summed E-state index contributed by atoms with van der Waals surface area (Å²) in [5, 5.41) is 20.9. The summed E-state index contributed by atoms with van der Waals surface area (Å²) in [6.07, 6.45) is 11.5. The smallest absolute Gasteiger partial charge is 0.142 e. The van der Waals surface area contributed by atoms with Gasteiger partial charge in [0.15, 0.2) is 0 Å². The summed E-state index contributed by atoms with van der Waals surface area (Å²) in [4.78, 5) is 12.4. The molecule has 3 rings (SSSR count). The van der Waals surface area contributed by atoms with Crippen LogP contribution in [0.25, 0.3) is 0 Å². The molecule has 2 N–H and O–H groups in total. The summed E-state index contributed by atoms with van der Waals surface area (Å²) in [6.45, 7) is 4.15. The van der Waals surface area contributed by atoms with Gasteiger partial charge < -0.3 is 10.2 Å². The summed E-state index contributed by atoms with van der Waals surface area (Å²) in [6, 6.07) is 0. The lowest BCUT2D eigenvalue weighted by molar-refractivity contribution is -0.172. The minimum atomic E-state index is -0.397. The molecular formula is C20H32O3. The Morgan fingerprint density at radius 3 is 2.61 bits per heavy atom. The third kappa shape index (κ3) is 2.91. The number of hydrogen-bond donors (Lipinski definition) is 2. The highest BCUT2D eigenvalue weighted by molar-refractivity contribution is 5.94. The van der Waals surface area contributed by atoms with Crippen molar-refractivity contribution in [3.05, 3.63) is 12.2 Å². The molecule has 6 atom stereocenters. The van der Waals surface area contributed by atoms with Crippen LogP contribution < -0.4 is 0 Å². The van der Waals surface area contributed by atoms with Gasteiger partial charge in [-0.2, -0.15) is 0 Å². The molecule has 3 saturated carbocycles. The molecule has 1 unspecified atom stereocenters. The van der Waals surface area contributed by atoms with Gasteiger partial charge in [-0.05, 0) is 43.9 Å². The molecule has 23 heavy (non-hydrogen) atoms. The van der Waals surface area contributed by atoms with E-state index >= 15 is 0 Å². The highest BCUT2D eigenvalue weighted by Gasteiger charge is 2.62. The van der Waals surface area contributed by atoms with Crippen LogP contribution in [0.5, 0.6) is 0 Å². The molecule has 0 aromatic heterocycles. The minimum Gasteiger partial charge on any atom is -0.393 e. The van der Waals surface area contributed by atoms with E-state index in [-0.39, 0.29) is 29.3 Å². The summed E-state index contributed by atoms with van der Waals surface area (Å²) in [5.41, 5.74) is -0.245. The maximum atomic E-state index is 12.4. The van der Waals surface area contributed by atoms with Crippen molar-refractivity contribution in [3.8, 4) is 0 Å². The van der Waals surface area contributed by atoms with Crippen molar-refractivity contribution >= 4 is 5.78 Å². The predicted octanol–water partition coefficient (Wildman–Crippen LogP) is 3.49. The molecule has 0 amide bonds. The average molecular weight is 320 g/mol. The number of hydrogen-bond acceptors (Lipinski definition) is 3. The van der Waals surface area contributed by atoms with Gasteiger partial charge in [0.25, 0.3) is 0 Å². The molecule has 130 valence electrons. The van der Waals surface area contributed by atoms with Crippen LogP contribution in [0.2, 0.25) is 0 Å². The highest BCUT2D eigenvalue weighted by atomic mass is 16.3. The van der Waals surface area contributed by atoms with Gasteiger partial charge in [0.05, 0.1) is 12.2 Å². The van der Waals surface area contributed by atoms with Crippen LogP contribution in [0.1, 0.15) is 65.2 Å². The number of rotatable bonds is 4. The van der Waals surface area contributed by atoms with Crippen LogP contribution >= 0.6 is 0 Å². The SMILES string of the molecule is CCC1C(=O)[C@@]2(C)CC[C@@H](O)[C@H](/C=C/[C@@H](O)C3CCCCC3)[C@@H]12. The van der Waals surface area contributed by atoms with Crippen molar-refractivity contribution < 1.29 is 15.0 Å². The van der Waals surface area contributed by atoms with Crippen LogP contribution in [-0.4, -0.2) is 28.2 Å². The molecule has 0 aromatic rings. The molecule has 0 bridgehead atoms. The van der Waals surface area contributed by atoms with E-state index in [1.807, 2.05) is 12.2 Å². The lowest BCUT2D eigenvalue weighted by atomic mass is 9.44. The normalized spacial score (nSPS) is 43.2. The lowest BCUT2D eigenvalue weighted by Gasteiger charge is -2.58. The Bertz CT molecular complexity index is 466. The first kappa shape index (κ1) is 17.2. The van der Waals surface area contributed by atoms with Gasteiger partial charge in [-0.15, -0.1) is 0 Å². The molecule has 0 heterocycles. The standard InChI is InChI=1S/C20H32O3/c1-3-14-18-15(17(22)11-12-20(18,2)19(14)23)9-10-16(21)13-7-5-4-6-8-13/h9-10,13-18,21-22H,3-8,11-12H2,1-2H3/b10-9+/t14?,15-,16+,17+,18+,20-/m0/s1. The molecular weight excluding hydrogens is 288 g/mol. The van der Waals surface area contributed by atoms with E-state index < -0.39 is 6.10 Å². The molecule has 0 radical (unpaired) electrons. The van der Waals surface area contributed by atoms with Crippen LogP contribution in [0.4, 0.5) is 0 Å². The van der Waals surface area contributed by atoms with Crippen molar-refractivity contribution in [1.29, 1.82) is 0 Å². The van der Waals surface area contributed by atoms with Crippen LogP contribution in [0.15, 0.2) is 12.2 Å². The van der Waals surface area contributed by atoms with Crippen LogP contribution in [0.3, 0.4) is 0 Å². The lowest BCUT2D eigenvalue weighted by Crippen LogP contribution is -2.62. The second-order valence-corrected chi connectivity index (χ2v) is 8.28. The van der Waals surface area contributed by atoms with Crippen LogP contribution in [-0.2, 0) is 4.79 Å². The van der Waals surface area contributed by atoms with Crippen molar-refractivity contribution in [3.63, 3.8) is 0 Å². The zero-order chi connectivity index (χ0) is 16.6. The molecule has 3 nitrogen and oxygen atoms in total. The molecule has 0 aliphatic heterocycles. The maximum Gasteiger partial charge on any atom is 0.142 e. The van der Waals surface area contributed by atoms with Crippen molar-refractivity contribution in [1.82, 2.24) is 0 Å². The van der Waals surface area contributed by atoms with E-state index in [2.05, 4.69) is 13.8 Å². The first-order valence-corrected chi connectivity index (χ1v) is 9.57. The molecule has 0 spiro atoms. The largest absolute Gasteiger partial charge is 0.393 e. The van der Waals surface area contributed by atoms with Gasteiger partial charge in [-0.3, -0.25) is 4.79 Å². The first-order valence-electron chi connectivity index (χ1n) is 9.57. The maximum absolute atomic E-state index is 12.4. The Hall–Kier alpha value is -0.670.